The summed E-state index contributed by atoms with van der Waals surface area (Å²) in [5.74, 6) is 0.786. The fourth-order valence-corrected chi connectivity index (χ4v) is 4.77. The van der Waals surface area contributed by atoms with E-state index in [9.17, 15) is 9.59 Å². The van der Waals surface area contributed by atoms with Gasteiger partial charge < -0.3 is 9.84 Å². The SMILES string of the molecule is C=CCn1c(SCC(=O)Nc2cc(C)on2)nc2scc(-c3ccccc3)c2c1=O. The smallest absolute Gasteiger partial charge is 0.263 e. The number of carbonyl (C=O) groups is 1. The van der Waals surface area contributed by atoms with E-state index in [1.165, 1.54) is 23.1 Å². The maximum atomic E-state index is 13.3. The summed E-state index contributed by atoms with van der Waals surface area (Å²) >= 11 is 2.61. The van der Waals surface area contributed by atoms with Crippen molar-refractivity contribution in [3.63, 3.8) is 0 Å². The number of rotatable bonds is 7. The largest absolute Gasteiger partial charge is 0.360 e. The first kappa shape index (κ1) is 20.1. The molecule has 0 saturated carbocycles. The van der Waals surface area contributed by atoms with E-state index in [0.717, 1.165) is 11.1 Å². The summed E-state index contributed by atoms with van der Waals surface area (Å²) in [6.07, 6.45) is 1.64. The number of thiophene rings is 1. The Labute approximate surface area is 180 Å². The maximum Gasteiger partial charge on any atom is 0.263 e. The van der Waals surface area contributed by atoms with Crippen LogP contribution in [-0.2, 0) is 11.3 Å². The van der Waals surface area contributed by atoms with Gasteiger partial charge in [-0.1, -0.05) is 53.3 Å². The minimum Gasteiger partial charge on any atom is -0.360 e. The predicted molar refractivity (Wildman–Crippen MR) is 120 cm³/mol. The first-order chi connectivity index (χ1) is 14.6. The molecule has 0 radical (unpaired) electrons. The lowest BCUT2D eigenvalue weighted by Gasteiger charge is -2.10. The number of anilines is 1. The molecule has 0 saturated heterocycles. The molecule has 1 amide bonds. The van der Waals surface area contributed by atoms with Crippen LogP contribution in [0.4, 0.5) is 5.82 Å². The second-order valence-electron chi connectivity index (χ2n) is 6.45. The number of aryl methyl sites for hydroxylation is 1. The number of hydrogen-bond acceptors (Lipinski definition) is 7. The van der Waals surface area contributed by atoms with Crippen LogP contribution in [0.15, 0.2) is 68.9 Å². The van der Waals surface area contributed by atoms with E-state index in [0.29, 0.717) is 33.5 Å². The molecule has 4 aromatic rings. The Morgan fingerprint density at radius 2 is 2.17 bits per heavy atom. The molecule has 3 heterocycles. The summed E-state index contributed by atoms with van der Waals surface area (Å²) in [6.45, 7) is 5.80. The summed E-state index contributed by atoms with van der Waals surface area (Å²) in [4.78, 5) is 30.8. The average Bonchev–Trinajstić information content (AvgIpc) is 3.35. The van der Waals surface area contributed by atoms with Gasteiger partial charge in [-0.15, -0.1) is 17.9 Å². The molecule has 0 spiro atoms. The van der Waals surface area contributed by atoms with Crippen LogP contribution in [0.25, 0.3) is 21.3 Å². The molecule has 0 fully saturated rings. The first-order valence-electron chi connectivity index (χ1n) is 9.11. The Kier molecular flexibility index (Phi) is 5.82. The van der Waals surface area contributed by atoms with Gasteiger partial charge in [0.25, 0.3) is 5.56 Å². The highest BCUT2D eigenvalue weighted by Crippen LogP contribution is 2.32. The van der Waals surface area contributed by atoms with E-state index in [-0.39, 0.29) is 17.2 Å². The molecule has 1 N–H and O–H groups in total. The van der Waals surface area contributed by atoms with Crippen LogP contribution < -0.4 is 10.9 Å². The van der Waals surface area contributed by atoms with Crippen molar-refractivity contribution in [2.24, 2.45) is 0 Å². The molecule has 3 aromatic heterocycles. The van der Waals surface area contributed by atoms with Gasteiger partial charge in [-0.2, -0.15) is 0 Å². The Balaban J connectivity index is 1.64. The minimum atomic E-state index is -0.260. The monoisotopic (exact) mass is 438 g/mol. The number of amides is 1. The number of fused-ring (bicyclic) bond motifs is 1. The number of thioether (sulfide) groups is 1. The minimum absolute atomic E-state index is 0.0813. The fourth-order valence-electron chi connectivity index (χ4n) is 2.97. The van der Waals surface area contributed by atoms with E-state index >= 15 is 0 Å². The van der Waals surface area contributed by atoms with Crippen molar-refractivity contribution in [3.05, 3.63) is 70.5 Å². The van der Waals surface area contributed by atoms with E-state index in [4.69, 9.17) is 4.52 Å². The van der Waals surface area contributed by atoms with Crippen LogP contribution in [-0.4, -0.2) is 26.4 Å². The lowest BCUT2D eigenvalue weighted by molar-refractivity contribution is -0.113. The third-order valence-corrected chi connectivity index (χ3v) is 6.13. The quantitative estimate of drug-likeness (QED) is 0.262. The summed E-state index contributed by atoms with van der Waals surface area (Å²) in [5.41, 5.74) is 1.69. The van der Waals surface area contributed by atoms with Crippen molar-refractivity contribution in [2.45, 2.75) is 18.6 Å². The van der Waals surface area contributed by atoms with Crippen LogP contribution in [0, 0.1) is 6.92 Å². The van der Waals surface area contributed by atoms with Gasteiger partial charge in [-0.05, 0) is 12.5 Å². The third kappa shape index (κ3) is 4.07. The zero-order valence-corrected chi connectivity index (χ0v) is 17.8. The Bertz CT molecular complexity index is 1270. The number of carbonyl (C=O) groups excluding carboxylic acids is 1. The van der Waals surface area contributed by atoms with Gasteiger partial charge in [0, 0.05) is 23.6 Å². The lowest BCUT2D eigenvalue weighted by atomic mass is 10.1. The molecule has 0 aliphatic heterocycles. The average molecular weight is 439 g/mol. The Hall–Kier alpha value is -3.17. The van der Waals surface area contributed by atoms with E-state index in [1.54, 1.807) is 23.6 Å². The summed E-state index contributed by atoms with van der Waals surface area (Å²) in [6, 6.07) is 11.4. The standard InChI is InChI=1S/C21H18N4O3S2/c1-3-9-25-20(27)18-15(14-7-5-4-6-8-14)11-29-19(18)23-21(25)30-12-17(26)22-16-10-13(2)28-24-16/h3-8,10-11H,1,9,12H2,2H3,(H,22,24,26). The van der Waals surface area contributed by atoms with Gasteiger partial charge in [-0.3, -0.25) is 14.2 Å². The first-order valence-corrected chi connectivity index (χ1v) is 11.0. The second kappa shape index (κ2) is 8.68. The topological polar surface area (TPSA) is 90.0 Å². The zero-order valence-electron chi connectivity index (χ0n) is 16.1. The molecular weight excluding hydrogens is 420 g/mol. The van der Waals surface area contributed by atoms with Crippen molar-refractivity contribution < 1.29 is 9.32 Å². The van der Waals surface area contributed by atoms with Crippen molar-refractivity contribution in [2.75, 3.05) is 11.1 Å². The molecule has 0 unspecified atom stereocenters. The zero-order chi connectivity index (χ0) is 21.1. The van der Waals surface area contributed by atoms with E-state index in [2.05, 4.69) is 22.0 Å². The van der Waals surface area contributed by atoms with E-state index in [1.807, 2.05) is 35.7 Å². The lowest BCUT2D eigenvalue weighted by Crippen LogP contribution is -2.23. The molecule has 4 rings (SSSR count). The molecule has 9 heteroatoms. The molecule has 0 aliphatic rings. The fraction of sp³-hybridized carbons (Fsp3) is 0.143. The summed E-state index contributed by atoms with van der Waals surface area (Å²) < 4.78 is 6.49. The molecule has 152 valence electrons. The van der Waals surface area contributed by atoms with Gasteiger partial charge >= 0.3 is 0 Å². The van der Waals surface area contributed by atoms with Crippen LogP contribution in [0.1, 0.15) is 5.76 Å². The van der Waals surface area contributed by atoms with Crippen LogP contribution >= 0.6 is 23.1 Å². The molecule has 7 nitrogen and oxygen atoms in total. The molecule has 0 aliphatic carbocycles. The molecule has 0 atom stereocenters. The van der Waals surface area contributed by atoms with Crippen molar-refractivity contribution in [1.29, 1.82) is 0 Å². The van der Waals surface area contributed by atoms with Crippen LogP contribution in [0.2, 0.25) is 0 Å². The normalized spacial score (nSPS) is 11.0. The molecular formula is C21H18N4O3S2. The molecule has 30 heavy (non-hydrogen) atoms. The van der Waals surface area contributed by atoms with Crippen LogP contribution in [0.3, 0.4) is 0 Å². The maximum absolute atomic E-state index is 13.3. The van der Waals surface area contributed by atoms with Gasteiger partial charge in [0.1, 0.15) is 10.6 Å². The number of nitrogens with zero attached hydrogens (tertiary/aromatic N) is 3. The summed E-state index contributed by atoms with van der Waals surface area (Å²) in [5, 5.41) is 9.41. The highest BCUT2D eigenvalue weighted by molar-refractivity contribution is 7.99. The van der Waals surface area contributed by atoms with Gasteiger partial charge in [0.2, 0.25) is 5.91 Å². The van der Waals surface area contributed by atoms with E-state index < -0.39 is 0 Å². The number of hydrogen-bond donors (Lipinski definition) is 1. The highest BCUT2D eigenvalue weighted by atomic mass is 32.2. The number of aromatic nitrogens is 3. The van der Waals surface area contributed by atoms with Crippen molar-refractivity contribution in [3.8, 4) is 11.1 Å². The van der Waals surface area contributed by atoms with Gasteiger partial charge in [0.05, 0.1) is 11.1 Å². The summed E-state index contributed by atoms with van der Waals surface area (Å²) in [7, 11) is 0. The number of nitrogens with one attached hydrogen (secondary N) is 1. The van der Waals surface area contributed by atoms with Crippen LogP contribution in [0.5, 0.6) is 0 Å². The Morgan fingerprint density at radius 1 is 1.37 bits per heavy atom. The number of allylic oxidation sites excluding steroid dienone is 1. The molecule has 1 aromatic carbocycles. The Morgan fingerprint density at radius 3 is 2.87 bits per heavy atom. The predicted octanol–water partition coefficient (Wildman–Crippen LogP) is 4.34. The van der Waals surface area contributed by atoms with Crippen molar-refractivity contribution >= 4 is 45.0 Å². The van der Waals surface area contributed by atoms with Crippen molar-refractivity contribution in [1.82, 2.24) is 14.7 Å². The van der Waals surface area contributed by atoms with Gasteiger partial charge in [-0.25, -0.2) is 4.98 Å². The second-order valence-corrected chi connectivity index (χ2v) is 8.25. The third-order valence-electron chi connectivity index (χ3n) is 4.28. The van der Waals surface area contributed by atoms with Gasteiger partial charge in [0.15, 0.2) is 11.0 Å². The number of benzene rings is 1. The highest BCUT2D eigenvalue weighted by Gasteiger charge is 2.18. The molecule has 0 bridgehead atoms.